The number of nitrogens with zero attached hydrogens (tertiary/aromatic N) is 2. The molecular formula is C16H25N3O5. The number of allylic oxidation sites excluding steroid dienone is 1. The summed E-state index contributed by atoms with van der Waals surface area (Å²) in [5.74, 6) is -2.17. The van der Waals surface area contributed by atoms with Crippen molar-refractivity contribution in [2.75, 3.05) is 19.8 Å². The minimum absolute atomic E-state index is 0.0550. The number of amides is 2. The molecule has 0 spiro atoms. The molecule has 0 fully saturated rings. The van der Waals surface area contributed by atoms with Gasteiger partial charge < -0.3 is 20.1 Å². The van der Waals surface area contributed by atoms with E-state index >= 15 is 0 Å². The number of aliphatic carboxylic acids is 1. The fraction of sp³-hybridized carbons (Fsp3) is 0.625. The van der Waals surface area contributed by atoms with Crippen LogP contribution in [-0.2, 0) is 19.1 Å². The van der Waals surface area contributed by atoms with Gasteiger partial charge in [-0.25, -0.2) is 4.79 Å². The first-order valence-corrected chi connectivity index (χ1v) is 7.51. The number of nitriles is 1. The highest BCUT2D eigenvalue weighted by Gasteiger charge is 2.29. The van der Waals surface area contributed by atoms with Gasteiger partial charge in [0.2, 0.25) is 11.8 Å². The first-order valence-electron chi connectivity index (χ1n) is 7.51. The summed E-state index contributed by atoms with van der Waals surface area (Å²) in [5.41, 5.74) is -0.430. The Balaban J connectivity index is 4.77. The summed E-state index contributed by atoms with van der Waals surface area (Å²) >= 11 is 0. The smallest absolute Gasteiger partial charge is 0.328 e. The van der Waals surface area contributed by atoms with Gasteiger partial charge in [-0.2, -0.15) is 5.26 Å². The first kappa shape index (κ1) is 21.6. The van der Waals surface area contributed by atoms with E-state index in [2.05, 4.69) is 11.9 Å². The van der Waals surface area contributed by atoms with E-state index in [1.807, 2.05) is 0 Å². The molecule has 8 heteroatoms. The molecule has 0 aromatic rings. The van der Waals surface area contributed by atoms with Crippen molar-refractivity contribution in [1.29, 1.82) is 5.26 Å². The predicted molar refractivity (Wildman–Crippen MR) is 86.9 cm³/mol. The molecule has 0 bridgehead atoms. The van der Waals surface area contributed by atoms with Crippen molar-refractivity contribution in [3.63, 3.8) is 0 Å². The van der Waals surface area contributed by atoms with Crippen LogP contribution < -0.4 is 5.32 Å². The molecule has 0 saturated heterocycles. The van der Waals surface area contributed by atoms with Crippen LogP contribution in [0.4, 0.5) is 0 Å². The predicted octanol–water partition coefficient (Wildman–Crippen LogP) is 0.689. The van der Waals surface area contributed by atoms with Gasteiger partial charge in [-0.1, -0.05) is 6.08 Å². The van der Waals surface area contributed by atoms with E-state index in [9.17, 15) is 19.5 Å². The SMILES string of the molecule is C=CCCC(=O)N(CC#N)C(COCC(=O)NC(C)(C)C)C(=O)O. The Kier molecular flexibility index (Phi) is 9.35. The molecule has 0 aliphatic heterocycles. The molecule has 0 saturated carbocycles. The lowest BCUT2D eigenvalue weighted by Crippen LogP contribution is -2.49. The molecule has 0 aromatic carbocycles. The van der Waals surface area contributed by atoms with Gasteiger partial charge in [0, 0.05) is 12.0 Å². The Morgan fingerprint density at radius 2 is 2.04 bits per heavy atom. The molecule has 2 N–H and O–H groups in total. The molecule has 1 unspecified atom stereocenters. The molecule has 2 amide bonds. The van der Waals surface area contributed by atoms with Gasteiger partial charge in [-0.05, 0) is 27.2 Å². The number of ether oxygens (including phenoxy) is 1. The average molecular weight is 339 g/mol. The van der Waals surface area contributed by atoms with Gasteiger partial charge in [-0.15, -0.1) is 6.58 Å². The molecule has 0 radical (unpaired) electrons. The number of rotatable bonds is 10. The van der Waals surface area contributed by atoms with Crippen LogP contribution in [-0.4, -0.2) is 59.1 Å². The van der Waals surface area contributed by atoms with E-state index in [1.54, 1.807) is 26.8 Å². The summed E-state index contributed by atoms with van der Waals surface area (Å²) in [7, 11) is 0. The number of hydrogen-bond acceptors (Lipinski definition) is 5. The van der Waals surface area contributed by atoms with E-state index in [0.29, 0.717) is 6.42 Å². The number of hydrogen-bond donors (Lipinski definition) is 2. The van der Waals surface area contributed by atoms with Crippen LogP contribution in [0.25, 0.3) is 0 Å². The van der Waals surface area contributed by atoms with E-state index in [-0.39, 0.29) is 26.2 Å². The maximum absolute atomic E-state index is 12.1. The van der Waals surface area contributed by atoms with Crippen molar-refractivity contribution in [1.82, 2.24) is 10.2 Å². The summed E-state index contributed by atoms with van der Waals surface area (Å²) in [6, 6.07) is 0.443. The minimum Gasteiger partial charge on any atom is -0.480 e. The van der Waals surface area contributed by atoms with Crippen molar-refractivity contribution in [2.24, 2.45) is 0 Å². The number of nitrogens with one attached hydrogen (secondary N) is 1. The summed E-state index contributed by atoms with van der Waals surface area (Å²) < 4.78 is 5.13. The van der Waals surface area contributed by atoms with Gasteiger partial charge in [-0.3, -0.25) is 9.59 Å². The molecule has 0 aromatic heterocycles. The number of carboxylic acids is 1. The molecule has 8 nitrogen and oxygen atoms in total. The van der Waals surface area contributed by atoms with Crippen LogP contribution in [0.15, 0.2) is 12.7 Å². The van der Waals surface area contributed by atoms with E-state index in [1.165, 1.54) is 6.08 Å². The van der Waals surface area contributed by atoms with Gasteiger partial charge in [0.25, 0.3) is 0 Å². The van der Waals surface area contributed by atoms with Gasteiger partial charge in [0.05, 0.1) is 12.7 Å². The number of carbonyl (C=O) groups excluding carboxylic acids is 2. The molecular weight excluding hydrogens is 314 g/mol. The second-order valence-electron chi connectivity index (χ2n) is 6.17. The van der Waals surface area contributed by atoms with Gasteiger partial charge in [0.15, 0.2) is 6.04 Å². The van der Waals surface area contributed by atoms with E-state index in [4.69, 9.17) is 10.00 Å². The van der Waals surface area contributed by atoms with Crippen LogP contribution in [0.3, 0.4) is 0 Å². The molecule has 24 heavy (non-hydrogen) atoms. The molecule has 134 valence electrons. The normalized spacial score (nSPS) is 11.9. The van der Waals surface area contributed by atoms with Gasteiger partial charge >= 0.3 is 5.97 Å². The zero-order chi connectivity index (χ0) is 18.8. The Bertz CT molecular complexity index is 505. The summed E-state index contributed by atoms with van der Waals surface area (Å²) in [5, 5.41) is 20.8. The fourth-order valence-corrected chi connectivity index (χ4v) is 1.83. The van der Waals surface area contributed by atoms with Gasteiger partial charge in [0.1, 0.15) is 13.2 Å². The van der Waals surface area contributed by atoms with Crippen molar-refractivity contribution in [3.05, 3.63) is 12.7 Å². The fourth-order valence-electron chi connectivity index (χ4n) is 1.83. The van der Waals surface area contributed by atoms with Crippen LogP contribution in [0.1, 0.15) is 33.6 Å². The second kappa shape index (κ2) is 10.4. The Morgan fingerprint density at radius 3 is 2.50 bits per heavy atom. The van der Waals surface area contributed by atoms with Crippen molar-refractivity contribution >= 4 is 17.8 Å². The van der Waals surface area contributed by atoms with Crippen LogP contribution in [0, 0.1) is 11.3 Å². The van der Waals surface area contributed by atoms with E-state index in [0.717, 1.165) is 4.90 Å². The third-order valence-electron chi connectivity index (χ3n) is 2.81. The molecule has 0 aliphatic carbocycles. The third-order valence-corrected chi connectivity index (χ3v) is 2.81. The second-order valence-corrected chi connectivity index (χ2v) is 6.17. The zero-order valence-electron chi connectivity index (χ0n) is 14.4. The highest BCUT2D eigenvalue weighted by Crippen LogP contribution is 2.07. The average Bonchev–Trinajstić information content (AvgIpc) is 2.45. The Morgan fingerprint density at radius 1 is 1.42 bits per heavy atom. The largest absolute Gasteiger partial charge is 0.480 e. The molecule has 0 rings (SSSR count). The van der Waals surface area contributed by atoms with Crippen LogP contribution in [0.5, 0.6) is 0 Å². The summed E-state index contributed by atoms with van der Waals surface area (Å²) in [6.07, 6.45) is 1.97. The number of carboxylic acid groups (broad SMARTS) is 1. The molecule has 1 atom stereocenters. The maximum Gasteiger partial charge on any atom is 0.328 e. The standard InChI is InChI=1S/C16H25N3O5/c1-5-6-7-14(21)19(9-8-17)12(15(22)23)10-24-11-13(20)18-16(2,3)4/h5,12H,1,6-7,9-11H2,2-4H3,(H,18,20)(H,22,23). The minimum atomic E-state index is -1.33. The highest BCUT2D eigenvalue weighted by atomic mass is 16.5. The van der Waals surface area contributed by atoms with Crippen molar-refractivity contribution in [2.45, 2.75) is 45.2 Å². The topological polar surface area (TPSA) is 120 Å². The lowest BCUT2D eigenvalue weighted by Gasteiger charge is -2.27. The summed E-state index contributed by atoms with van der Waals surface area (Å²) in [4.78, 5) is 36.0. The first-order chi connectivity index (χ1) is 11.1. The number of carbonyl (C=O) groups is 3. The monoisotopic (exact) mass is 339 g/mol. The van der Waals surface area contributed by atoms with Crippen LogP contribution in [0.2, 0.25) is 0 Å². The zero-order valence-corrected chi connectivity index (χ0v) is 14.4. The van der Waals surface area contributed by atoms with Crippen molar-refractivity contribution < 1.29 is 24.2 Å². The third kappa shape index (κ3) is 8.90. The quantitative estimate of drug-likeness (QED) is 0.446. The maximum atomic E-state index is 12.1. The Labute approximate surface area is 142 Å². The summed E-state index contributed by atoms with van der Waals surface area (Å²) in [6.45, 7) is 7.82. The van der Waals surface area contributed by atoms with Crippen LogP contribution >= 0.6 is 0 Å². The lowest BCUT2D eigenvalue weighted by atomic mass is 10.1. The Hall–Kier alpha value is -2.40. The lowest BCUT2D eigenvalue weighted by molar-refractivity contribution is -0.153. The van der Waals surface area contributed by atoms with Crippen molar-refractivity contribution in [3.8, 4) is 6.07 Å². The van der Waals surface area contributed by atoms with E-state index < -0.39 is 29.4 Å². The molecule has 0 heterocycles. The molecule has 0 aliphatic rings. The highest BCUT2D eigenvalue weighted by molar-refractivity contribution is 5.84.